The van der Waals surface area contributed by atoms with Crippen molar-refractivity contribution in [2.75, 3.05) is 0 Å². The maximum atomic E-state index is 9.13. The Morgan fingerprint density at radius 3 is 2.43 bits per heavy atom. The molecular formula is C18H20N2O. The first-order valence-corrected chi connectivity index (χ1v) is 7.44. The van der Waals surface area contributed by atoms with Crippen molar-refractivity contribution in [3.8, 4) is 0 Å². The van der Waals surface area contributed by atoms with Gasteiger partial charge in [0, 0.05) is 13.0 Å². The van der Waals surface area contributed by atoms with Crippen molar-refractivity contribution in [1.82, 2.24) is 9.55 Å². The molecule has 0 radical (unpaired) electrons. The second-order valence-corrected chi connectivity index (χ2v) is 5.33. The number of nitrogens with zero attached hydrogens (tertiary/aromatic N) is 2. The van der Waals surface area contributed by atoms with Crippen molar-refractivity contribution < 1.29 is 5.11 Å². The molecule has 3 nitrogen and oxygen atoms in total. The quantitative estimate of drug-likeness (QED) is 0.776. The largest absolute Gasteiger partial charge is 0.392 e. The van der Waals surface area contributed by atoms with Crippen LogP contribution in [0.1, 0.15) is 30.3 Å². The van der Waals surface area contributed by atoms with E-state index in [1.807, 2.05) is 18.2 Å². The Balaban J connectivity index is 1.99. The highest BCUT2D eigenvalue weighted by Gasteiger charge is 2.09. The lowest BCUT2D eigenvalue weighted by atomic mass is 10.1. The number of aromatic nitrogens is 2. The molecule has 3 aromatic rings. The van der Waals surface area contributed by atoms with Gasteiger partial charge in [-0.05, 0) is 29.7 Å². The molecule has 1 N–H and O–H groups in total. The summed E-state index contributed by atoms with van der Waals surface area (Å²) in [5.41, 5.74) is 4.43. The van der Waals surface area contributed by atoms with E-state index in [0.29, 0.717) is 0 Å². The molecule has 0 saturated carbocycles. The first kappa shape index (κ1) is 13.8. The summed E-state index contributed by atoms with van der Waals surface area (Å²) in [5, 5.41) is 9.13. The average molecular weight is 280 g/mol. The van der Waals surface area contributed by atoms with Crippen LogP contribution in [-0.4, -0.2) is 14.7 Å². The molecule has 0 atom stereocenters. The number of hydrogen-bond acceptors (Lipinski definition) is 2. The fraction of sp³-hybridized carbons (Fsp3) is 0.278. The van der Waals surface area contributed by atoms with Crippen molar-refractivity contribution in [2.24, 2.45) is 0 Å². The lowest BCUT2D eigenvalue weighted by Gasteiger charge is -2.09. The molecule has 0 spiro atoms. The van der Waals surface area contributed by atoms with Crippen molar-refractivity contribution in [2.45, 2.75) is 32.9 Å². The van der Waals surface area contributed by atoms with Gasteiger partial charge in [0.25, 0.3) is 0 Å². The Kier molecular flexibility index (Phi) is 4.02. The van der Waals surface area contributed by atoms with Crippen LogP contribution >= 0.6 is 0 Å². The predicted octanol–water partition coefficient (Wildman–Crippen LogP) is 3.53. The second kappa shape index (κ2) is 6.10. The normalized spacial score (nSPS) is 11.1. The third-order valence-electron chi connectivity index (χ3n) is 3.75. The second-order valence-electron chi connectivity index (χ2n) is 5.33. The summed E-state index contributed by atoms with van der Waals surface area (Å²) < 4.78 is 2.30. The zero-order valence-corrected chi connectivity index (χ0v) is 12.3. The SMILES string of the molecule is CCCc1nc2ccccc2n1Cc1ccc(CO)cc1. The van der Waals surface area contributed by atoms with E-state index in [1.54, 1.807) is 0 Å². The van der Waals surface area contributed by atoms with Crippen molar-refractivity contribution >= 4 is 11.0 Å². The van der Waals surface area contributed by atoms with E-state index in [2.05, 4.69) is 41.8 Å². The molecule has 108 valence electrons. The fourth-order valence-corrected chi connectivity index (χ4v) is 2.65. The maximum absolute atomic E-state index is 9.13. The molecule has 0 amide bonds. The minimum absolute atomic E-state index is 0.0926. The predicted molar refractivity (Wildman–Crippen MR) is 85.2 cm³/mol. The van der Waals surface area contributed by atoms with E-state index in [-0.39, 0.29) is 6.61 Å². The maximum Gasteiger partial charge on any atom is 0.110 e. The van der Waals surface area contributed by atoms with Gasteiger partial charge in [0.05, 0.1) is 17.6 Å². The number of imidazole rings is 1. The third kappa shape index (κ3) is 2.83. The van der Waals surface area contributed by atoms with E-state index in [9.17, 15) is 0 Å². The number of hydrogen-bond donors (Lipinski definition) is 1. The summed E-state index contributed by atoms with van der Waals surface area (Å²) in [6.07, 6.45) is 2.08. The molecule has 2 aromatic carbocycles. The van der Waals surface area contributed by atoms with Gasteiger partial charge in [-0.3, -0.25) is 0 Å². The van der Waals surface area contributed by atoms with Crippen LogP contribution in [0, 0.1) is 0 Å². The highest BCUT2D eigenvalue weighted by Crippen LogP contribution is 2.19. The molecule has 0 aliphatic carbocycles. The van der Waals surface area contributed by atoms with Crippen LogP contribution in [0.3, 0.4) is 0 Å². The zero-order valence-electron chi connectivity index (χ0n) is 12.3. The number of aliphatic hydroxyl groups excluding tert-OH is 1. The van der Waals surface area contributed by atoms with Crippen LogP contribution in [0.4, 0.5) is 0 Å². The lowest BCUT2D eigenvalue weighted by molar-refractivity contribution is 0.282. The van der Waals surface area contributed by atoms with Gasteiger partial charge in [0.15, 0.2) is 0 Å². The lowest BCUT2D eigenvalue weighted by Crippen LogP contribution is -2.05. The molecule has 3 rings (SSSR count). The molecule has 0 aliphatic rings. The summed E-state index contributed by atoms with van der Waals surface area (Å²) in [6, 6.07) is 16.4. The highest BCUT2D eigenvalue weighted by molar-refractivity contribution is 5.76. The average Bonchev–Trinajstić information content (AvgIpc) is 2.86. The Morgan fingerprint density at radius 2 is 1.71 bits per heavy atom. The Labute approximate surface area is 124 Å². The molecule has 0 bridgehead atoms. The molecule has 0 saturated heterocycles. The van der Waals surface area contributed by atoms with Crippen LogP contribution in [-0.2, 0) is 19.6 Å². The highest BCUT2D eigenvalue weighted by atomic mass is 16.3. The number of rotatable bonds is 5. The van der Waals surface area contributed by atoms with E-state index < -0.39 is 0 Å². The minimum atomic E-state index is 0.0926. The zero-order chi connectivity index (χ0) is 14.7. The van der Waals surface area contributed by atoms with E-state index in [0.717, 1.165) is 36.3 Å². The van der Waals surface area contributed by atoms with Gasteiger partial charge in [-0.15, -0.1) is 0 Å². The van der Waals surface area contributed by atoms with Gasteiger partial charge < -0.3 is 9.67 Å². The van der Waals surface area contributed by atoms with E-state index >= 15 is 0 Å². The van der Waals surface area contributed by atoms with Crippen molar-refractivity contribution in [3.63, 3.8) is 0 Å². The molecule has 21 heavy (non-hydrogen) atoms. The topological polar surface area (TPSA) is 38.0 Å². The summed E-state index contributed by atoms with van der Waals surface area (Å²) >= 11 is 0. The smallest absolute Gasteiger partial charge is 0.110 e. The van der Waals surface area contributed by atoms with Gasteiger partial charge >= 0.3 is 0 Å². The van der Waals surface area contributed by atoms with Crippen LogP contribution < -0.4 is 0 Å². The number of para-hydroxylation sites is 2. The number of fused-ring (bicyclic) bond motifs is 1. The van der Waals surface area contributed by atoms with E-state index in [1.165, 1.54) is 11.1 Å². The summed E-state index contributed by atoms with van der Waals surface area (Å²) in [7, 11) is 0. The van der Waals surface area contributed by atoms with E-state index in [4.69, 9.17) is 10.1 Å². The van der Waals surface area contributed by atoms with Gasteiger partial charge in [0.2, 0.25) is 0 Å². The molecule has 1 heterocycles. The van der Waals surface area contributed by atoms with Gasteiger partial charge in [-0.1, -0.05) is 43.3 Å². The number of aliphatic hydroxyl groups is 1. The van der Waals surface area contributed by atoms with Gasteiger partial charge in [-0.25, -0.2) is 4.98 Å². The van der Waals surface area contributed by atoms with Crippen LogP contribution in [0.2, 0.25) is 0 Å². The molecule has 1 aromatic heterocycles. The standard InChI is InChI=1S/C18H20N2O/c1-2-5-18-19-16-6-3-4-7-17(16)20(18)12-14-8-10-15(13-21)11-9-14/h3-4,6-11,21H,2,5,12-13H2,1H3. The first-order chi connectivity index (χ1) is 10.3. The minimum Gasteiger partial charge on any atom is -0.392 e. The molecule has 0 aliphatic heterocycles. The van der Waals surface area contributed by atoms with Crippen molar-refractivity contribution in [1.29, 1.82) is 0 Å². The Morgan fingerprint density at radius 1 is 1.00 bits per heavy atom. The first-order valence-electron chi connectivity index (χ1n) is 7.44. The third-order valence-corrected chi connectivity index (χ3v) is 3.75. The van der Waals surface area contributed by atoms with Crippen LogP contribution in [0.15, 0.2) is 48.5 Å². The monoisotopic (exact) mass is 280 g/mol. The molecule has 0 fully saturated rings. The van der Waals surface area contributed by atoms with Crippen LogP contribution in [0.5, 0.6) is 0 Å². The molecular weight excluding hydrogens is 260 g/mol. The van der Waals surface area contributed by atoms with Crippen LogP contribution in [0.25, 0.3) is 11.0 Å². The molecule has 0 unspecified atom stereocenters. The Bertz CT molecular complexity index is 729. The van der Waals surface area contributed by atoms with Crippen molar-refractivity contribution in [3.05, 3.63) is 65.5 Å². The summed E-state index contributed by atoms with van der Waals surface area (Å²) in [4.78, 5) is 4.76. The van der Waals surface area contributed by atoms with Gasteiger partial charge in [-0.2, -0.15) is 0 Å². The fourth-order valence-electron chi connectivity index (χ4n) is 2.65. The summed E-state index contributed by atoms with van der Waals surface area (Å²) in [6.45, 7) is 3.09. The Hall–Kier alpha value is -2.13. The number of benzene rings is 2. The molecule has 3 heteroatoms. The number of aryl methyl sites for hydroxylation is 1. The summed E-state index contributed by atoms with van der Waals surface area (Å²) in [5.74, 6) is 1.14. The van der Waals surface area contributed by atoms with Gasteiger partial charge in [0.1, 0.15) is 5.82 Å².